The molecule has 1 aliphatic heterocycles. The molecule has 0 bridgehead atoms. The summed E-state index contributed by atoms with van der Waals surface area (Å²) in [5, 5.41) is 0. The Morgan fingerprint density at radius 2 is 1.93 bits per heavy atom. The summed E-state index contributed by atoms with van der Waals surface area (Å²) in [5.74, 6) is 0.201. The van der Waals surface area contributed by atoms with Crippen molar-refractivity contribution in [3.63, 3.8) is 0 Å². The third-order valence-electron chi connectivity index (χ3n) is 2.41. The van der Waals surface area contributed by atoms with Gasteiger partial charge in [-0.25, -0.2) is 0 Å². The summed E-state index contributed by atoms with van der Waals surface area (Å²) < 4.78 is 27.1. The second kappa shape index (κ2) is 3.71. The molecule has 76 valence electrons. The summed E-state index contributed by atoms with van der Waals surface area (Å²) in [5.41, 5.74) is 1.08. The van der Waals surface area contributed by atoms with E-state index in [0.717, 1.165) is 12.0 Å². The highest BCUT2D eigenvalue weighted by Crippen LogP contribution is 2.25. The second-order valence-electron chi connectivity index (χ2n) is 3.44. The second-order valence-corrected chi connectivity index (χ2v) is 5.13. The summed E-state index contributed by atoms with van der Waals surface area (Å²) in [6.07, 6.45) is 0.781. The van der Waals surface area contributed by atoms with Crippen molar-refractivity contribution in [2.45, 2.75) is 12.3 Å². The van der Waals surface area contributed by atoms with Crippen LogP contribution in [0.4, 0.5) is 0 Å². The molecule has 0 N–H and O–H groups in total. The molecule has 3 nitrogen and oxygen atoms in total. The molecule has 1 fully saturated rings. The van der Waals surface area contributed by atoms with E-state index in [1.54, 1.807) is 0 Å². The average Bonchev–Trinajstić information content (AvgIpc) is 2.18. The lowest BCUT2D eigenvalue weighted by Crippen LogP contribution is -2.24. The Hall–Kier alpha value is -0.870. The van der Waals surface area contributed by atoms with Crippen LogP contribution in [0.25, 0.3) is 0 Å². The summed E-state index contributed by atoms with van der Waals surface area (Å²) in [7, 11) is -3.28. The van der Waals surface area contributed by atoms with Gasteiger partial charge in [0, 0.05) is 5.92 Å². The minimum Gasteiger partial charge on any atom is -0.270 e. The largest absolute Gasteiger partial charge is 0.270 e. The van der Waals surface area contributed by atoms with E-state index in [9.17, 15) is 8.42 Å². The molecule has 1 aromatic rings. The van der Waals surface area contributed by atoms with Gasteiger partial charge in [0.2, 0.25) is 0 Å². The van der Waals surface area contributed by atoms with Crippen molar-refractivity contribution in [2.75, 3.05) is 12.4 Å². The predicted octanol–water partition coefficient (Wildman–Crippen LogP) is 1.52. The molecule has 2 rings (SSSR count). The van der Waals surface area contributed by atoms with Crippen molar-refractivity contribution in [1.82, 2.24) is 0 Å². The Morgan fingerprint density at radius 1 is 1.21 bits per heavy atom. The maximum atomic E-state index is 11.2. The molecule has 0 aromatic heterocycles. The van der Waals surface area contributed by atoms with Gasteiger partial charge >= 0.3 is 0 Å². The van der Waals surface area contributed by atoms with E-state index in [1.807, 2.05) is 30.3 Å². The van der Waals surface area contributed by atoms with Crippen molar-refractivity contribution in [3.8, 4) is 0 Å². The van der Waals surface area contributed by atoms with Crippen LogP contribution >= 0.6 is 0 Å². The van der Waals surface area contributed by atoms with Crippen LogP contribution in [0.15, 0.2) is 30.3 Å². The van der Waals surface area contributed by atoms with E-state index in [-0.39, 0.29) is 11.7 Å². The van der Waals surface area contributed by atoms with Crippen molar-refractivity contribution in [2.24, 2.45) is 0 Å². The third kappa shape index (κ3) is 2.13. The Labute approximate surface area is 83.8 Å². The summed E-state index contributed by atoms with van der Waals surface area (Å²) in [6.45, 7) is 0.307. The highest BCUT2D eigenvalue weighted by molar-refractivity contribution is 7.86. The van der Waals surface area contributed by atoms with E-state index in [0.29, 0.717) is 6.61 Å². The van der Waals surface area contributed by atoms with Crippen molar-refractivity contribution < 1.29 is 12.6 Å². The molecule has 0 spiro atoms. The van der Waals surface area contributed by atoms with E-state index in [4.69, 9.17) is 0 Å². The van der Waals surface area contributed by atoms with Crippen LogP contribution < -0.4 is 0 Å². The van der Waals surface area contributed by atoms with E-state index in [1.165, 1.54) is 0 Å². The van der Waals surface area contributed by atoms with Crippen molar-refractivity contribution in [1.29, 1.82) is 0 Å². The van der Waals surface area contributed by atoms with Gasteiger partial charge in [0.15, 0.2) is 0 Å². The summed E-state index contributed by atoms with van der Waals surface area (Å²) >= 11 is 0. The highest BCUT2D eigenvalue weighted by atomic mass is 32.2. The zero-order valence-corrected chi connectivity index (χ0v) is 8.53. The minimum atomic E-state index is -3.28. The van der Waals surface area contributed by atoms with Crippen LogP contribution in [0, 0.1) is 0 Å². The number of hydrogen-bond acceptors (Lipinski definition) is 3. The molecule has 14 heavy (non-hydrogen) atoms. The van der Waals surface area contributed by atoms with E-state index in [2.05, 4.69) is 4.18 Å². The molecule has 1 atom stereocenters. The average molecular weight is 212 g/mol. The first kappa shape index (κ1) is 9.68. The molecule has 0 unspecified atom stereocenters. The SMILES string of the molecule is O=S1(=O)C[C@H](c2ccccc2)CCO1. The lowest BCUT2D eigenvalue weighted by molar-refractivity contribution is 0.279. The van der Waals surface area contributed by atoms with Gasteiger partial charge in [0.1, 0.15) is 0 Å². The number of hydrogen-bond donors (Lipinski definition) is 0. The van der Waals surface area contributed by atoms with Crippen molar-refractivity contribution in [3.05, 3.63) is 35.9 Å². The lowest BCUT2D eigenvalue weighted by atomic mass is 9.98. The molecule has 4 heteroatoms. The molecular weight excluding hydrogens is 200 g/mol. The van der Waals surface area contributed by atoms with Gasteiger partial charge in [-0.2, -0.15) is 8.42 Å². The molecule has 1 heterocycles. The van der Waals surface area contributed by atoms with Gasteiger partial charge in [-0.05, 0) is 12.0 Å². The first-order valence-corrected chi connectivity index (χ1v) is 6.17. The monoisotopic (exact) mass is 212 g/mol. The smallest absolute Gasteiger partial charge is 0.267 e. The Morgan fingerprint density at radius 3 is 2.57 bits per heavy atom. The summed E-state index contributed by atoms with van der Waals surface area (Å²) in [6, 6.07) is 9.71. The number of rotatable bonds is 1. The van der Waals surface area contributed by atoms with E-state index >= 15 is 0 Å². The zero-order valence-electron chi connectivity index (χ0n) is 7.72. The van der Waals surface area contributed by atoms with Crippen molar-refractivity contribution >= 4 is 10.1 Å². The molecule has 0 aliphatic carbocycles. The molecule has 1 aromatic carbocycles. The van der Waals surface area contributed by atoms with E-state index < -0.39 is 10.1 Å². The van der Waals surface area contributed by atoms with Gasteiger partial charge < -0.3 is 0 Å². The fraction of sp³-hybridized carbons (Fsp3) is 0.400. The van der Waals surface area contributed by atoms with Crippen LogP contribution in [0.2, 0.25) is 0 Å². The minimum absolute atomic E-state index is 0.0925. The Balaban J connectivity index is 2.21. The Kier molecular flexibility index (Phi) is 2.56. The van der Waals surface area contributed by atoms with Crippen LogP contribution in [0.3, 0.4) is 0 Å². The van der Waals surface area contributed by atoms with Gasteiger partial charge in [0.25, 0.3) is 10.1 Å². The van der Waals surface area contributed by atoms with Gasteiger partial charge in [-0.3, -0.25) is 4.18 Å². The van der Waals surface area contributed by atoms with Gasteiger partial charge in [-0.1, -0.05) is 30.3 Å². The first-order valence-electron chi connectivity index (χ1n) is 4.59. The molecular formula is C10H12O3S. The molecule has 0 saturated carbocycles. The zero-order chi connectivity index (χ0) is 10.0. The third-order valence-corrected chi connectivity index (χ3v) is 3.74. The maximum absolute atomic E-state index is 11.2. The fourth-order valence-electron chi connectivity index (χ4n) is 1.68. The molecule has 0 radical (unpaired) electrons. The van der Waals surface area contributed by atoms with Crippen LogP contribution in [-0.2, 0) is 14.3 Å². The van der Waals surface area contributed by atoms with Gasteiger partial charge in [-0.15, -0.1) is 0 Å². The first-order chi connectivity index (χ1) is 6.67. The van der Waals surface area contributed by atoms with Crippen LogP contribution in [0.1, 0.15) is 17.9 Å². The number of benzene rings is 1. The lowest BCUT2D eigenvalue weighted by Gasteiger charge is -2.21. The predicted molar refractivity (Wildman–Crippen MR) is 53.5 cm³/mol. The maximum Gasteiger partial charge on any atom is 0.267 e. The Bertz CT molecular complexity index is 397. The quantitative estimate of drug-likeness (QED) is 0.663. The molecule has 1 aliphatic rings. The topological polar surface area (TPSA) is 43.4 Å². The van der Waals surface area contributed by atoms with Crippen LogP contribution in [0.5, 0.6) is 0 Å². The molecule has 1 saturated heterocycles. The van der Waals surface area contributed by atoms with Crippen LogP contribution in [-0.4, -0.2) is 20.8 Å². The molecule has 0 amide bonds. The van der Waals surface area contributed by atoms with Gasteiger partial charge in [0.05, 0.1) is 12.4 Å². The normalized spacial score (nSPS) is 25.9. The standard InChI is InChI=1S/C10H12O3S/c11-14(12)8-10(6-7-13-14)9-4-2-1-3-5-9/h1-5,10H,6-8H2/t10-/m1/s1. The fourth-order valence-corrected chi connectivity index (χ4v) is 2.98. The highest BCUT2D eigenvalue weighted by Gasteiger charge is 2.26. The summed E-state index contributed by atoms with van der Waals surface area (Å²) in [4.78, 5) is 0.